The topological polar surface area (TPSA) is 76.0 Å². The monoisotopic (exact) mass is 346 g/mol. The summed E-state index contributed by atoms with van der Waals surface area (Å²) >= 11 is 0. The van der Waals surface area contributed by atoms with Crippen LogP contribution in [0.3, 0.4) is 0 Å². The molecule has 5 nitrogen and oxygen atoms in total. The molecule has 2 aliphatic rings. The highest BCUT2D eigenvalue weighted by atomic mass is 16.6. The van der Waals surface area contributed by atoms with Gasteiger partial charge in [0.2, 0.25) is 0 Å². The van der Waals surface area contributed by atoms with Crippen molar-refractivity contribution in [1.29, 1.82) is 0 Å². The lowest BCUT2D eigenvalue weighted by molar-refractivity contribution is 0.0223. The number of fused-ring (bicyclic) bond motifs is 6. The van der Waals surface area contributed by atoms with E-state index in [0.717, 1.165) is 0 Å². The van der Waals surface area contributed by atoms with Crippen LogP contribution in [0.2, 0.25) is 0 Å². The van der Waals surface area contributed by atoms with Crippen LogP contribution in [0.25, 0.3) is 0 Å². The van der Waals surface area contributed by atoms with Crippen molar-refractivity contribution in [3.05, 3.63) is 82.4 Å². The Hall–Kier alpha value is -3.47. The first kappa shape index (κ1) is 14.8. The van der Waals surface area contributed by atoms with Gasteiger partial charge in [-0.25, -0.2) is 4.79 Å². The number of benzene rings is 3. The highest BCUT2D eigenvalue weighted by molar-refractivity contribution is 5.97. The van der Waals surface area contributed by atoms with Gasteiger partial charge in [-0.1, -0.05) is 18.2 Å². The zero-order chi connectivity index (χ0) is 18.1. The Morgan fingerprint density at radius 2 is 1.69 bits per heavy atom. The molecule has 5 rings (SSSR count). The first-order valence-corrected chi connectivity index (χ1v) is 8.19. The summed E-state index contributed by atoms with van der Waals surface area (Å²) in [5.74, 6) is 0.513. The Balaban J connectivity index is 1.93. The van der Waals surface area contributed by atoms with Crippen molar-refractivity contribution < 1.29 is 24.5 Å². The van der Waals surface area contributed by atoms with Gasteiger partial charge >= 0.3 is 5.97 Å². The molecule has 0 saturated heterocycles. The van der Waals surface area contributed by atoms with Gasteiger partial charge in [0.1, 0.15) is 23.0 Å². The largest absolute Gasteiger partial charge is 0.508 e. The van der Waals surface area contributed by atoms with Gasteiger partial charge < -0.3 is 19.7 Å². The molecule has 1 spiro atoms. The molecule has 0 radical (unpaired) electrons. The van der Waals surface area contributed by atoms with Gasteiger partial charge in [0.25, 0.3) is 0 Å². The Morgan fingerprint density at radius 3 is 2.54 bits per heavy atom. The maximum Gasteiger partial charge on any atom is 0.340 e. The minimum atomic E-state index is -1.18. The number of ether oxygens (including phenoxy) is 2. The van der Waals surface area contributed by atoms with Crippen molar-refractivity contribution in [3.8, 4) is 23.0 Å². The summed E-state index contributed by atoms with van der Waals surface area (Å²) in [5, 5.41) is 20.0. The maximum absolute atomic E-state index is 12.6. The molecule has 0 saturated carbocycles. The smallest absolute Gasteiger partial charge is 0.340 e. The van der Waals surface area contributed by atoms with Crippen LogP contribution in [0.1, 0.15) is 32.6 Å². The quantitative estimate of drug-likeness (QED) is 0.602. The van der Waals surface area contributed by atoms with Crippen molar-refractivity contribution in [2.45, 2.75) is 12.5 Å². The minimum absolute atomic E-state index is 0.0396. The van der Waals surface area contributed by atoms with Crippen LogP contribution in [-0.2, 0) is 10.3 Å². The van der Waals surface area contributed by atoms with E-state index in [-0.39, 0.29) is 11.5 Å². The average Bonchev–Trinajstić information content (AvgIpc) is 2.92. The number of phenols is 2. The molecular formula is C21H14O5. The normalized spacial score (nSPS) is 19.3. The van der Waals surface area contributed by atoms with E-state index in [1.165, 1.54) is 12.1 Å². The lowest BCUT2D eigenvalue weighted by atomic mass is 9.77. The molecular weight excluding hydrogens is 332 g/mol. The number of hydrogen-bond acceptors (Lipinski definition) is 5. The van der Waals surface area contributed by atoms with Crippen LogP contribution in [-0.4, -0.2) is 16.2 Å². The fraction of sp³-hybridized carbons (Fsp3) is 0.0952. The van der Waals surface area contributed by atoms with Crippen LogP contribution in [0, 0.1) is 6.92 Å². The molecule has 0 aromatic heterocycles. The number of carbonyl (C=O) groups excluding carboxylic acids is 1. The fourth-order valence-corrected chi connectivity index (χ4v) is 3.85. The molecule has 128 valence electrons. The lowest BCUT2D eigenvalue weighted by Crippen LogP contribution is -2.33. The van der Waals surface area contributed by atoms with E-state index in [0.29, 0.717) is 39.3 Å². The molecule has 3 aromatic carbocycles. The van der Waals surface area contributed by atoms with Gasteiger partial charge in [0.05, 0.1) is 5.56 Å². The Morgan fingerprint density at radius 1 is 0.923 bits per heavy atom. The summed E-state index contributed by atoms with van der Waals surface area (Å²) in [5.41, 5.74) is 1.84. The molecule has 0 bridgehead atoms. The predicted molar refractivity (Wildman–Crippen MR) is 92.8 cm³/mol. The van der Waals surface area contributed by atoms with Gasteiger partial charge in [0.15, 0.2) is 5.60 Å². The summed E-state index contributed by atoms with van der Waals surface area (Å²) in [6.45, 7) is 1.73. The van der Waals surface area contributed by atoms with Crippen molar-refractivity contribution in [2.75, 3.05) is 0 Å². The van der Waals surface area contributed by atoms with Crippen LogP contribution < -0.4 is 4.74 Å². The molecule has 1 atom stereocenters. The molecule has 1 unspecified atom stereocenters. The average molecular weight is 346 g/mol. The summed E-state index contributed by atoms with van der Waals surface area (Å²) < 4.78 is 12.0. The lowest BCUT2D eigenvalue weighted by Gasteiger charge is -2.37. The SMILES string of the molecule is Cc1c(O)ccc2c1Oc1cc(O)ccc1C21OC(=O)c2ccccc21. The van der Waals surface area contributed by atoms with Gasteiger partial charge in [-0.05, 0) is 37.3 Å². The number of aromatic hydroxyl groups is 2. The summed E-state index contributed by atoms with van der Waals surface area (Å²) in [4.78, 5) is 12.6. The van der Waals surface area contributed by atoms with Gasteiger partial charge in [0, 0.05) is 28.3 Å². The van der Waals surface area contributed by atoms with Crippen LogP contribution >= 0.6 is 0 Å². The summed E-state index contributed by atoms with van der Waals surface area (Å²) in [6, 6.07) is 15.2. The van der Waals surface area contributed by atoms with E-state index in [2.05, 4.69) is 0 Å². The molecule has 2 heterocycles. The summed E-state index contributed by atoms with van der Waals surface area (Å²) in [6.07, 6.45) is 0. The molecule has 5 heteroatoms. The van der Waals surface area contributed by atoms with Crippen molar-refractivity contribution in [3.63, 3.8) is 0 Å². The van der Waals surface area contributed by atoms with Crippen LogP contribution in [0.4, 0.5) is 0 Å². The third-order valence-corrected chi connectivity index (χ3v) is 5.09. The van der Waals surface area contributed by atoms with Gasteiger partial charge in [-0.3, -0.25) is 0 Å². The number of hydrogen-bond donors (Lipinski definition) is 2. The molecule has 26 heavy (non-hydrogen) atoms. The first-order valence-electron chi connectivity index (χ1n) is 8.19. The van der Waals surface area contributed by atoms with Crippen LogP contribution in [0.15, 0.2) is 54.6 Å². The number of phenolic OH excluding ortho intramolecular Hbond substituents is 2. The second-order valence-corrected chi connectivity index (χ2v) is 6.49. The van der Waals surface area contributed by atoms with E-state index in [1.54, 1.807) is 37.3 Å². The van der Waals surface area contributed by atoms with E-state index in [9.17, 15) is 15.0 Å². The van der Waals surface area contributed by atoms with Crippen molar-refractivity contribution in [1.82, 2.24) is 0 Å². The third-order valence-electron chi connectivity index (χ3n) is 5.09. The molecule has 3 aromatic rings. The van der Waals surface area contributed by atoms with Crippen molar-refractivity contribution >= 4 is 5.97 Å². The predicted octanol–water partition coefficient (Wildman–Crippen LogP) is 3.97. The minimum Gasteiger partial charge on any atom is -0.508 e. The molecule has 2 N–H and O–H groups in total. The highest BCUT2D eigenvalue weighted by Crippen LogP contribution is 2.57. The van der Waals surface area contributed by atoms with E-state index < -0.39 is 11.6 Å². The molecule has 2 aliphatic heterocycles. The summed E-state index contributed by atoms with van der Waals surface area (Å²) in [7, 11) is 0. The zero-order valence-corrected chi connectivity index (χ0v) is 13.8. The zero-order valence-electron chi connectivity index (χ0n) is 13.8. The third kappa shape index (κ3) is 1.67. The number of carbonyl (C=O) groups is 1. The number of esters is 1. The van der Waals surface area contributed by atoms with E-state index in [1.807, 2.05) is 12.1 Å². The van der Waals surface area contributed by atoms with Crippen molar-refractivity contribution in [2.24, 2.45) is 0 Å². The number of rotatable bonds is 0. The van der Waals surface area contributed by atoms with Gasteiger partial charge in [-0.2, -0.15) is 0 Å². The highest BCUT2D eigenvalue weighted by Gasteiger charge is 2.53. The second-order valence-electron chi connectivity index (χ2n) is 6.49. The Labute approximate surface area is 149 Å². The van der Waals surface area contributed by atoms with E-state index in [4.69, 9.17) is 9.47 Å². The Bertz CT molecular complexity index is 1100. The molecule has 0 fully saturated rings. The fourth-order valence-electron chi connectivity index (χ4n) is 3.85. The molecule has 0 aliphatic carbocycles. The Kier molecular flexibility index (Phi) is 2.73. The maximum atomic E-state index is 12.6. The van der Waals surface area contributed by atoms with Gasteiger partial charge in [-0.15, -0.1) is 0 Å². The standard InChI is InChI=1S/C21H14O5/c1-11-17(23)9-8-16-19(11)25-18-10-12(22)6-7-15(18)21(16)14-5-3-2-4-13(14)20(24)26-21/h2-10,22-23H,1H3. The van der Waals surface area contributed by atoms with Crippen LogP contribution in [0.5, 0.6) is 23.0 Å². The first-order chi connectivity index (χ1) is 12.5. The van der Waals surface area contributed by atoms with E-state index >= 15 is 0 Å². The molecule has 0 amide bonds. The second kappa shape index (κ2) is 4.79.